The lowest BCUT2D eigenvalue weighted by atomic mass is 10.4. The van der Waals surface area contributed by atoms with E-state index in [2.05, 4.69) is 10.3 Å². The van der Waals surface area contributed by atoms with Crippen molar-refractivity contribution in [2.24, 2.45) is 0 Å². The summed E-state index contributed by atoms with van der Waals surface area (Å²) >= 11 is 1.38. The van der Waals surface area contributed by atoms with Crippen LogP contribution < -0.4 is 5.32 Å². The summed E-state index contributed by atoms with van der Waals surface area (Å²) in [6.07, 6.45) is 0. The van der Waals surface area contributed by atoms with Crippen molar-refractivity contribution < 1.29 is 9.53 Å². The summed E-state index contributed by atoms with van der Waals surface area (Å²) < 4.78 is 4.91. The number of esters is 1. The summed E-state index contributed by atoms with van der Waals surface area (Å²) in [5.74, 6) is -0.273. The second kappa shape index (κ2) is 5.07. The van der Waals surface area contributed by atoms with Crippen LogP contribution in [-0.4, -0.2) is 24.6 Å². The van der Waals surface area contributed by atoms with E-state index < -0.39 is 0 Å². The fraction of sp³-hybridized carbons (Fsp3) is 0.556. The van der Waals surface area contributed by atoms with Crippen molar-refractivity contribution in [1.82, 2.24) is 10.3 Å². The number of rotatable bonds is 4. The summed E-state index contributed by atoms with van der Waals surface area (Å²) in [5, 5.41) is 3.90. The lowest BCUT2D eigenvalue weighted by molar-refractivity contribution is 0.0531. The maximum absolute atomic E-state index is 11.4. The molecular weight excluding hydrogens is 200 g/mol. The topological polar surface area (TPSA) is 51.2 Å². The van der Waals surface area contributed by atoms with Crippen molar-refractivity contribution in [2.45, 2.75) is 20.4 Å². The first kappa shape index (κ1) is 11.1. The van der Waals surface area contributed by atoms with Gasteiger partial charge in [0, 0.05) is 6.54 Å². The zero-order chi connectivity index (χ0) is 10.6. The number of aromatic nitrogens is 1. The molecule has 0 bridgehead atoms. The fourth-order valence-corrected chi connectivity index (χ4v) is 2.04. The second-order valence-corrected chi connectivity index (χ2v) is 3.86. The Labute approximate surface area is 87.3 Å². The smallest absolute Gasteiger partial charge is 0.350 e. The minimum atomic E-state index is -0.273. The highest BCUT2D eigenvalue weighted by atomic mass is 32.1. The predicted octanol–water partition coefficient (Wildman–Crippen LogP) is 1.35. The largest absolute Gasteiger partial charge is 0.462 e. The molecule has 4 nitrogen and oxygen atoms in total. The van der Waals surface area contributed by atoms with Crippen LogP contribution in [-0.2, 0) is 11.3 Å². The number of nitrogens with zero attached hydrogens (tertiary/aromatic N) is 1. The Morgan fingerprint density at radius 1 is 1.64 bits per heavy atom. The van der Waals surface area contributed by atoms with Crippen LogP contribution in [0.2, 0.25) is 0 Å². The van der Waals surface area contributed by atoms with Crippen LogP contribution in [0.15, 0.2) is 0 Å². The first-order valence-corrected chi connectivity index (χ1v) is 5.28. The highest BCUT2D eigenvalue weighted by molar-refractivity contribution is 7.13. The number of thiazole rings is 1. The normalized spacial score (nSPS) is 10.2. The second-order valence-electron chi connectivity index (χ2n) is 2.77. The highest BCUT2D eigenvalue weighted by Gasteiger charge is 2.15. The average Bonchev–Trinajstić information content (AvgIpc) is 2.48. The maximum atomic E-state index is 11.4. The lowest BCUT2D eigenvalue weighted by Gasteiger charge is -1.97. The van der Waals surface area contributed by atoms with Gasteiger partial charge in [0.15, 0.2) is 0 Å². The van der Waals surface area contributed by atoms with Gasteiger partial charge >= 0.3 is 5.97 Å². The van der Waals surface area contributed by atoms with Gasteiger partial charge in [0.05, 0.1) is 12.3 Å². The monoisotopic (exact) mass is 214 g/mol. The highest BCUT2D eigenvalue weighted by Crippen LogP contribution is 2.18. The molecule has 0 aliphatic rings. The molecule has 0 unspecified atom stereocenters. The van der Waals surface area contributed by atoms with Crippen LogP contribution in [0.4, 0.5) is 0 Å². The number of ether oxygens (including phenoxy) is 1. The van der Waals surface area contributed by atoms with E-state index in [0.717, 1.165) is 10.7 Å². The van der Waals surface area contributed by atoms with E-state index in [4.69, 9.17) is 4.74 Å². The van der Waals surface area contributed by atoms with Crippen LogP contribution in [0.5, 0.6) is 0 Å². The van der Waals surface area contributed by atoms with Crippen molar-refractivity contribution in [2.75, 3.05) is 13.7 Å². The Kier molecular flexibility index (Phi) is 4.03. The summed E-state index contributed by atoms with van der Waals surface area (Å²) in [4.78, 5) is 16.3. The van der Waals surface area contributed by atoms with E-state index in [1.165, 1.54) is 11.3 Å². The van der Waals surface area contributed by atoms with Gasteiger partial charge in [-0.25, -0.2) is 9.78 Å². The molecule has 0 atom stereocenters. The van der Waals surface area contributed by atoms with E-state index in [-0.39, 0.29) is 5.97 Å². The van der Waals surface area contributed by atoms with Gasteiger partial charge in [0.25, 0.3) is 0 Å². The third-order valence-corrected chi connectivity index (χ3v) is 2.77. The van der Waals surface area contributed by atoms with Crippen molar-refractivity contribution in [3.8, 4) is 0 Å². The number of carbonyl (C=O) groups is 1. The molecule has 1 N–H and O–H groups in total. The molecule has 0 amide bonds. The molecule has 1 aromatic heterocycles. The lowest BCUT2D eigenvalue weighted by Crippen LogP contribution is -2.04. The van der Waals surface area contributed by atoms with Crippen molar-refractivity contribution in [3.63, 3.8) is 0 Å². The Balaban J connectivity index is 2.81. The van der Waals surface area contributed by atoms with Crippen LogP contribution in [0.1, 0.15) is 27.3 Å². The van der Waals surface area contributed by atoms with Gasteiger partial charge in [-0.05, 0) is 20.9 Å². The van der Waals surface area contributed by atoms with Gasteiger partial charge < -0.3 is 10.1 Å². The molecule has 1 aromatic rings. The Morgan fingerprint density at radius 2 is 2.36 bits per heavy atom. The number of carbonyl (C=O) groups excluding carboxylic acids is 1. The van der Waals surface area contributed by atoms with E-state index in [1.807, 2.05) is 14.0 Å². The van der Waals surface area contributed by atoms with Crippen LogP contribution >= 0.6 is 11.3 Å². The molecule has 1 heterocycles. The molecule has 0 aromatic carbocycles. The first-order chi connectivity index (χ1) is 6.69. The molecule has 0 radical (unpaired) electrons. The molecule has 14 heavy (non-hydrogen) atoms. The summed E-state index contributed by atoms with van der Waals surface area (Å²) in [6.45, 7) is 4.70. The Hall–Kier alpha value is -0.940. The molecule has 0 saturated heterocycles. The number of aryl methyl sites for hydroxylation is 1. The summed E-state index contributed by atoms with van der Waals surface area (Å²) in [7, 11) is 1.85. The molecule has 78 valence electrons. The summed E-state index contributed by atoms with van der Waals surface area (Å²) in [6, 6.07) is 0. The molecular formula is C9H14N2O2S. The van der Waals surface area contributed by atoms with E-state index in [9.17, 15) is 4.79 Å². The number of hydrogen-bond donors (Lipinski definition) is 1. The zero-order valence-electron chi connectivity index (χ0n) is 8.59. The van der Waals surface area contributed by atoms with Gasteiger partial charge in [0.1, 0.15) is 9.88 Å². The number of hydrogen-bond acceptors (Lipinski definition) is 5. The molecule has 0 fully saturated rings. The Bertz CT molecular complexity index is 323. The molecule has 0 aliphatic carbocycles. The van der Waals surface area contributed by atoms with Crippen molar-refractivity contribution >= 4 is 17.3 Å². The molecule has 0 saturated carbocycles. The van der Waals surface area contributed by atoms with E-state index >= 15 is 0 Å². The molecule has 1 rings (SSSR count). The zero-order valence-corrected chi connectivity index (χ0v) is 9.40. The quantitative estimate of drug-likeness (QED) is 0.769. The SMILES string of the molecule is CCOC(=O)c1sc(CNC)nc1C. The third-order valence-electron chi connectivity index (χ3n) is 1.63. The van der Waals surface area contributed by atoms with Gasteiger partial charge in [0.2, 0.25) is 0 Å². The minimum Gasteiger partial charge on any atom is -0.462 e. The Morgan fingerprint density at radius 3 is 2.93 bits per heavy atom. The minimum absolute atomic E-state index is 0.273. The predicted molar refractivity (Wildman–Crippen MR) is 55.6 cm³/mol. The van der Waals surface area contributed by atoms with Gasteiger partial charge in [-0.15, -0.1) is 11.3 Å². The molecule has 0 spiro atoms. The van der Waals surface area contributed by atoms with E-state index in [0.29, 0.717) is 18.0 Å². The van der Waals surface area contributed by atoms with Crippen molar-refractivity contribution in [3.05, 3.63) is 15.6 Å². The maximum Gasteiger partial charge on any atom is 0.350 e. The van der Waals surface area contributed by atoms with Gasteiger partial charge in [-0.2, -0.15) is 0 Å². The van der Waals surface area contributed by atoms with Gasteiger partial charge in [-0.3, -0.25) is 0 Å². The van der Waals surface area contributed by atoms with E-state index in [1.54, 1.807) is 6.92 Å². The standard InChI is InChI=1S/C9H14N2O2S/c1-4-13-9(12)8-6(2)11-7(14-8)5-10-3/h10H,4-5H2,1-3H3. The molecule has 0 aliphatic heterocycles. The van der Waals surface area contributed by atoms with Crippen LogP contribution in [0.3, 0.4) is 0 Å². The average molecular weight is 214 g/mol. The first-order valence-electron chi connectivity index (χ1n) is 4.47. The summed E-state index contributed by atoms with van der Waals surface area (Å²) in [5.41, 5.74) is 0.749. The molecule has 5 heteroatoms. The third kappa shape index (κ3) is 2.52. The number of nitrogens with one attached hydrogen (secondary N) is 1. The van der Waals surface area contributed by atoms with Gasteiger partial charge in [-0.1, -0.05) is 0 Å². The van der Waals surface area contributed by atoms with Crippen LogP contribution in [0.25, 0.3) is 0 Å². The van der Waals surface area contributed by atoms with Crippen LogP contribution in [0, 0.1) is 6.92 Å². The van der Waals surface area contributed by atoms with Crippen molar-refractivity contribution in [1.29, 1.82) is 0 Å². The fourth-order valence-electron chi connectivity index (χ4n) is 1.07.